The number of carbonyl (C=O) groups is 1. The lowest BCUT2D eigenvalue weighted by atomic mass is 9.46. The molecule has 16 heavy (non-hydrogen) atoms. The minimum atomic E-state index is -0.237. The molecule has 0 aliphatic heterocycles. The molecular formula is C14H22O2. The summed E-state index contributed by atoms with van der Waals surface area (Å²) in [6.45, 7) is 10.6. The van der Waals surface area contributed by atoms with Crippen LogP contribution in [0.2, 0.25) is 0 Å². The first-order valence-corrected chi connectivity index (χ1v) is 6.25. The van der Waals surface area contributed by atoms with E-state index in [2.05, 4.69) is 20.4 Å². The summed E-state index contributed by atoms with van der Waals surface area (Å²) < 4.78 is 5.29. The smallest absolute Gasteiger partial charge is 0.333 e. The van der Waals surface area contributed by atoms with Crippen molar-refractivity contribution in [1.82, 2.24) is 0 Å². The number of carbonyl (C=O) groups excluding carboxylic acids is 1. The topological polar surface area (TPSA) is 26.3 Å². The van der Waals surface area contributed by atoms with Gasteiger partial charge in [0.15, 0.2) is 0 Å². The lowest BCUT2D eigenvalue weighted by Gasteiger charge is -2.60. The van der Waals surface area contributed by atoms with E-state index in [1.54, 1.807) is 6.92 Å². The van der Waals surface area contributed by atoms with Crippen LogP contribution in [0.1, 0.15) is 40.0 Å². The molecule has 3 aliphatic carbocycles. The molecule has 3 atom stereocenters. The van der Waals surface area contributed by atoms with E-state index >= 15 is 0 Å². The Bertz CT molecular complexity index is 315. The molecule has 0 N–H and O–H groups in total. The second kappa shape index (κ2) is 3.90. The Morgan fingerprint density at radius 2 is 2.12 bits per heavy atom. The molecule has 0 aromatic heterocycles. The fraction of sp³-hybridized carbons (Fsp3) is 0.786. The number of hydrogen-bond donors (Lipinski definition) is 0. The van der Waals surface area contributed by atoms with Crippen molar-refractivity contribution in [3.8, 4) is 0 Å². The molecule has 2 heteroatoms. The molecule has 0 aromatic rings. The van der Waals surface area contributed by atoms with Gasteiger partial charge in [-0.3, -0.25) is 0 Å². The monoisotopic (exact) mass is 222 g/mol. The molecule has 2 bridgehead atoms. The normalized spacial score (nSPS) is 35.1. The van der Waals surface area contributed by atoms with E-state index in [9.17, 15) is 4.79 Å². The van der Waals surface area contributed by atoms with Crippen molar-refractivity contribution >= 4 is 5.97 Å². The van der Waals surface area contributed by atoms with Crippen LogP contribution in [0.15, 0.2) is 12.2 Å². The summed E-state index contributed by atoms with van der Waals surface area (Å²) in [7, 11) is 0. The highest BCUT2D eigenvalue weighted by molar-refractivity contribution is 5.86. The molecule has 90 valence electrons. The Balaban J connectivity index is 1.87. The first-order chi connectivity index (χ1) is 7.43. The average molecular weight is 222 g/mol. The Morgan fingerprint density at radius 3 is 2.62 bits per heavy atom. The van der Waals surface area contributed by atoms with Gasteiger partial charge in [-0.2, -0.15) is 0 Å². The van der Waals surface area contributed by atoms with E-state index in [4.69, 9.17) is 4.74 Å². The van der Waals surface area contributed by atoms with E-state index in [1.165, 1.54) is 19.3 Å². The highest BCUT2D eigenvalue weighted by atomic mass is 16.5. The van der Waals surface area contributed by atoms with Gasteiger partial charge in [0, 0.05) is 5.57 Å². The number of ether oxygens (including phenoxy) is 1. The maximum atomic E-state index is 11.3. The molecule has 0 spiro atoms. The minimum absolute atomic E-state index is 0.237. The van der Waals surface area contributed by atoms with Gasteiger partial charge in [0.1, 0.15) is 0 Å². The standard InChI is InChI=1S/C14H22O2/c1-9(2)13(15)16-8-10-5-6-11-7-12(10)14(11,3)4/h10-12H,1,5-8H2,2-4H3/t10-,11-,12-/m1/s1. The van der Waals surface area contributed by atoms with Gasteiger partial charge in [0.05, 0.1) is 6.61 Å². The second-order valence-corrected chi connectivity index (χ2v) is 6.08. The third-order valence-corrected chi connectivity index (χ3v) is 4.78. The van der Waals surface area contributed by atoms with Crippen LogP contribution in [0.4, 0.5) is 0 Å². The molecule has 0 saturated heterocycles. The van der Waals surface area contributed by atoms with Crippen LogP contribution in [-0.2, 0) is 9.53 Å². The third kappa shape index (κ3) is 1.79. The van der Waals surface area contributed by atoms with E-state index < -0.39 is 0 Å². The van der Waals surface area contributed by atoms with Crippen molar-refractivity contribution in [2.45, 2.75) is 40.0 Å². The van der Waals surface area contributed by atoms with Gasteiger partial charge in [-0.25, -0.2) is 4.79 Å². The molecule has 0 aromatic carbocycles. The van der Waals surface area contributed by atoms with E-state index in [1.807, 2.05) is 0 Å². The lowest BCUT2D eigenvalue weighted by Crippen LogP contribution is -2.53. The average Bonchev–Trinajstić information content (AvgIpc) is 2.25. The van der Waals surface area contributed by atoms with E-state index in [-0.39, 0.29) is 5.97 Å². The van der Waals surface area contributed by atoms with Gasteiger partial charge in [0.2, 0.25) is 0 Å². The van der Waals surface area contributed by atoms with Crippen molar-refractivity contribution in [3.05, 3.63) is 12.2 Å². The summed E-state index contributed by atoms with van der Waals surface area (Å²) >= 11 is 0. The SMILES string of the molecule is C=C(C)C(=O)OC[C@H]1CC[C@@H]2C[C@H]1C2(C)C. The van der Waals surface area contributed by atoms with Gasteiger partial charge in [-0.05, 0) is 49.4 Å². The lowest BCUT2D eigenvalue weighted by molar-refractivity contribution is -0.152. The van der Waals surface area contributed by atoms with Crippen LogP contribution in [0, 0.1) is 23.2 Å². The highest BCUT2D eigenvalue weighted by Crippen LogP contribution is 2.61. The summed E-state index contributed by atoms with van der Waals surface area (Å²) in [6, 6.07) is 0. The quantitative estimate of drug-likeness (QED) is 0.541. The zero-order chi connectivity index (χ0) is 11.9. The first kappa shape index (κ1) is 11.7. The molecule has 0 amide bonds. The summed E-state index contributed by atoms with van der Waals surface area (Å²) in [5.74, 6) is 2.00. The predicted molar refractivity (Wildman–Crippen MR) is 63.9 cm³/mol. The summed E-state index contributed by atoms with van der Waals surface area (Å²) in [5.41, 5.74) is 0.972. The minimum Gasteiger partial charge on any atom is -0.462 e. The van der Waals surface area contributed by atoms with Crippen LogP contribution in [0.5, 0.6) is 0 Å². The molecule has 3 saturated carbocycles. The van der Waals surface area contributed by atoms with Gasteiger partial charge >= 0.3 is 5.97 Å². The molecule has 2 nitrogen and oxygen atoms in total. The molecule has 3 aliphatic rings. The van der Waals surface area contributed by atoms with Crippen molar-refractivity contribution in [3.63, 3.8) is 0 Å². The fourth-order valence-electron chi connectivity index (χ4n) is 3.47. The van der Waals surface area contributed by atoms with E-state index in [0.29, 0.717) is 23.5 Å². The zero-order valence-electron chi connectivity index (χ0n) is 10.6. The Kier molecular flexibility index (Phi) is 2.85. The van der Waals surface area contributed by atoms with Crippen LogP contribution in [-0.4, -0.2) is 12.6 Å². The fourth-order valence-corrected chi connectivity index (χ4v) is 3.47. The van der Waals surface area contributed by atoms with Crippen molar-refractivity contribution in [1.29, 1.82) is 0 Å². The Labute approximate surface area is 98.1 Å². The van der Waals surface area contributed by atoms with Gasteiger partial charge < -0.3 is 4.74 Å². The van der Waals surface area contributed by atoms with Gasteiger partial charge in [-0.15, -0.1) is 0 Å². The highest BCUT2D eigenvalue weighted by Gasteiger charge is 2.54. The largest absolute Gasteiger partial charge is 0.462 e. The zero-order valence-corrected chi connectivity index (χ0v) is 10.6. The number of esters is 1. The summed E-state index contributed by atoms with van der Waals surface area (Å²) in [4.78, 5) is 11.3. The molecule has 0 radical (unpaired) electrons. The van der Waals surface area contributed by atoms with Gasteiger partial charge in [-0.1, -0.05) is 20.4 Å². The summed E-state index contributed by atoms with van der Waals surface area (Å²) in [6.07, 6.45) is 3.86. The maximum Gasteiger partial charge on any atom is 0.333 e. The molecule has 3 rings (SSSR count). The Morgan fingerprint density at radius 1 is 1.44 bits per heavy atom. The second-order valence-electron chi connectivity index (χ2n) is 6.08. The first-order valence-electron chi connectivity index (χ1n) is 6.25. The predicted octanol–water partition coefficient (Wildman–Crippen LogP) is 3.18. The maximum absolute atomic E-state index is 11.3. The van der Waals surface area contributed by atoms with Crippen LogP contribution >= 0.6 is 0 Å². The molecule has 0 unspecified atom stereocenters. The molecule has 3 fully saturated rings. The van der Waals surface area contributed by atoms with Crippen LogP contribution in [0.25, 0.3) is 0 Å². The van der Waals surface area contributed by atoms with Gasteiger partial charge in [0.25, 0.3) is 0 Å². The number of rotatable bonds is 3. The van der Waals surface area contributed by atoms with Crippen LogP contribution in [0.3, 0.4) is 0 Å². The van der Waals surface area contributed by atoms with Crippen molar-refractivity contribution in [2.75, 3.05) is 6.61 Å². The van der Waals surface area contributed by atoms with Crippen LogP contribution < -0.4 is 0 Å². The molecule has 0 heterocycles. The van der Waals surface area contributed by atoms with Crippen molar-refractivity contribution < 1.29 is 9.53 Å². The number of fused-ring (bicyclic) bond motifs is 2. The molecular weight excluding hydrogens is 200 g/mol. The number of hydrogen-bond acceptors (Lipinski definition) is 2. The Hall–Kier alpha value is -0.790. The summed E-state index contributed by atoms with van der Waals surface area (Å²) in [5, 5.41) is 0. The van der Waals surface area contributed by atoms with E-state index in [0.717, 1.165) is 11.8 Å². The van der Waals surface area contributed by atoms with Crippen molar-refractivity contribution in [2.24, 2.45) is 23.2 Å². The third-order valence-electron chi connectivity index (χ3n) is 4.78.